The second-order valence-corrected chi connectivity index (χ2v) is 11.7. The van der Waals surface area contributed by atoms with Gasteiger partial charge in [-0.05, 0) is 45.5 Å². The zero-order chi connectivity index (χ0) is 28.5. The van der Waals surface area contributed by atoms with Gasteiger partial charge in [-0.2, -0.15) is 0 Å². The van der Waals surface area contributed by atoms with Gasteiger partial charge in [0, 0.05) is 0 Å². The molecule has 228 valence electrons. The molecule has 0 N–H and O–H groups in total. The minimum absolute atomic E-state index is 0. The van der Waals surface area contributed by atoms with E-state index >= 15 is 0 Å². The van der Waals surface area contributed by atoms with Gasteiger partial charge < -0.3 is 14.9 Å². The summed E-state index contributed by atoms with van der Waals surface area (Å²) in [4.78, 5) is 0. The molecule has 0 aliphatic heterocycles. The molecular weight excluding hydrogens is 695 g/mol. The number of fused-ring (bicyclic) bond motifs is 10. The molecule has 0 fully saturated rings. The standard InChI is InChI=1S/2C20H13.2CH3.2ClH.Si.Zr/c2*1-12-10-14-8-9-16-15-6-2-4-13-5-3-7-17(19(13)15)20(16)18(14)11-12;;;;;;/h2*2-7,9-10H,11H2,1H3;2*1H3;2*1H;;/q4*-1;;;;. The van der Waals surface area contributed by atoms with Crippen LogP contribution in [0.25, 0.3) is 78.2 Å². The van der Waals surface area contributed by atoms with Crippen molar-refractivity contribution in [3.8, 4) is 44.5 Å². The molecule has 4 aliphatic carbocycles. The van der Waals surface area contributed by atoms with E-state index in [1.165, 1.54) is 123 Å². The van der Waals surface area contributed by atoms with E-state index < -0.39 is 0 Å². The van der Waals surface area contributed by atoms with E-state index in [1.807, 2.05) is 0 Å². The van der Waals surface area contributed by atoms with Crippen LogP contribution in [0.3, 0.4) is 0 Å². The van der Waals surface area contributed by atoms with Crippen molar-refractivity contribution in [1.29, 1.82) is 0 Å². The number of benzene rings is 6. The van der Waals surface area contributed by atoms with Gasteiger partial charge in [0.05, 0.1) is 0 Å². The Balaban J connectivity index is 0.000000183. The van der Waals surface area contributed by atoms with Crippen LogP contribution in [0.5, 0.6) is 0 Å². The average molecular weight is 729 g/mol. The van der Waals surface area contributed by atoms with Gasteiger partial charge in [0.25, 0.3) is 0 Å². The molecule has 2 radical (unpaired) electrons. The van der Waals surface area contributed by atoms with Crippen LogP contribution in [0.2, 0.25) is 0 Å². The van der Waals surface area contributed by atoms with E-state index in [0.717, 1.165) is 12.8 Å². The van der Waals surface area contributed by atoms with Crippen LogP contribution >= 0.6 is 24.8 Å². The van der Waals surface area contributed by atoms with Gasteiger partial charge in [-0.3, -0.25) is 0 Å². The molecule has 0 amide bonds. The SMILES string of the molecule is CC1=Cc2[c-]cc3c(c2C1)-c1cccc2cccc-3c12.CC1=Cc2[c-]cc3c(c2C1)-c1cccc2cccc-3c12.Cl.Cl.[CH3-].[CH3-].[Si]=[Zr]. The van der Waals surface area contributed by atoms with Crippen molar-refractivity contribution in [2.75, 3.05) is 0 Å². The fourth-order valence-corrected chi connectivity index (χ4v) is 7.58. The topological polar surface area (TPSA) is 0 Å². The van der Waals surface area contributed by atoms with Crippen molar-refractivity contribution in [3.05, 3.63) is 145 Å². The third kappa shape index (κ3) is 5.32. The van der Waals surface area contributed by atoms with Crippen molar-refractivity contribution in [2.45, 2.75) is 26.7 Å². The molecule has 0 bridgehead atoms. The molecule has 4 heteroatoms. The van der Waals surface area contributed by atoms with Crippen LogP contribution < -0.4 is 0 Å². The Morgan fingerprint density at radius 2 is 0.870 bits per heavy atom. The van der Waals surface area contributed by atoms with Crippen molar-refractivity contribution in [1.82, 2.24) is 0 Å². The summed E-state index contributed by atoms with van der Waals surface area (Å²) < 4.78 is 0. The Labute approximate surface area is 303 Å². The molecule has 46 heavy (non-hydrogen) atoms. The molecule has 0 nitrogen and oxygen atoms in total. The zero-order valence-corrected chi connectivity index (χ0v) is 31.6. The zero-order valence-electron chi connectivity index (χ0n) is 26.5. The summed E-state index contributed by atoms with van der Waals surface area (Å²) in [6.45, 7) is 7.48. The third-order valence-corrected chi connectivity index (χ3v) is 9.16. The van der Waals surface area contributed by atoms with Crippen LogP contribution in [0.4, 0.5) is 0 Å². The summed E-state index contributed by atoms with van der Waals surface area (Å²) in [5.74, 6) is 0. The molecule has 0 saturated heterocycles. The van der Waals surface area contributed by atoms with E-state index in [9.17, 15) is 0 Å². The van der Waals surface area contributed by atoms with Gasteiger partial charge in [0.15, 0.2) is 0 Å². The van der Waals surface area contributed by atoms with Crippen LogP contribution in [-0.2, 0) is 36.2 Å². The summed E-state index contributed by atoms with van der Waals surface area (Å²) >= 11 is 1.36. The second kappa shape index (κ2) is 14.0. The van der Waals surface area contributed by atoms with Gasteiger partial charge in [0.1, 0.15) is 0 Å². The minimum atomic E-state index is 0. The third-order valence-electron chi connectivity index (χ3n) is 9.16. The summed E-state index contributed by atoms with van der Waals surface area (Å²) in [6, 6.07) is 37.9. The summed E-state index contributed by atoms with van der Waals surface area (Å²) in [5.41, 5.74) is 19.5. The molecule has 6 aromatic rings. The van der Waals surface area contributed by atoms with E-state index in [2.05, 4.69) is 130 Å². The molecule has 6 aromatic carbocycles. The first kappa shape index (κ1) is 35.8. The Morgan fingerprint density at radius 1 is 0.522 bits per heavy atom. The van der Waals surface area contributed by atoms with Crippen LogP contribution in [0.15, 0.2) is 96.1 Å². The van der Waals surface area contributed by atoms with Gasteiger partial charge in [-0.1, -0.05) is 120 Å². The number of hydrogen-bond acceptors (Lipinski definition) is 0. The first-order valence-electron chi connectivity index (χ1n) is 14.4. The average Bonchev–Trinajstić information content (AvgIpc) is 3.77. The number of hydrogen-bond donors (Lipinski definition) is 0. The fourth-order valence-electron chi connectivity index (χ4n) is 7.58. The first-order chi connectivity index (χ1) is 20.7. The van der Waals surface area contributed by atoms with Crippen molar-refractivity contribution in [2.24, 2.45) is 0 Å². The number of rotatable bonds is 0. The van der Waals surface area contributed by atoms with Gasteiger partial charge in [-0.15, -0.1) is 94.6 Å². The van der Waals surface area contributed by atoms with Crippen molar-refractivity contribution < 1.29 is 23.3 Å². The second-order valence-electron chi connectivity index (χ2n) is 11.7. The fraction of sp³-hybridized carbons (Fsp3) is 0.0952. The van der Waals surface area contributed by atoms with Gasteiger partial charge in [0.2, 0.25) is 0 Å². The Morgan fingerprint density at radius 3 is 1.24 bits per heavy atom. The van der Waals surface area contributed by atoms with Crippen molar-refractivity contribution in [3.63, 3.8) is 0 Å². The van der Waals surface area contributed by atoms with Gasteiger partial charge in [-0.25, -0.2) is 0 Å². The number of allylic oxidation sites excluding steroid dienone is 2. The Bertz CT molecular complexity index is 2040. The Hall–Kier alpha value is -3.00. The first-order valence-corrected chi connectivity index (χ1v) is 18.6. The monoisotopic (exact) mass is 726 g/mol. The van der Waals surface area contributed by atoms with E-state index in [1.54, 1.807) is 0 Å². The van der Waals surface area contributed by atoms with Crippen LogP contribution in [-0.4, -0.2) is 6.88 Å². The van der Waals surface area contributed by atoms with E-state index in [4.69, 9.17) is 0 Å². The maximum absolute atomic E-state index is 3.48. The Kier molecular flexibility index (Phi) is 10.9. The maximum atomic E-state index is 3.48. The summed E-state index contributed by atoms with van der Waals surface area (Å²) in [5, 5.41) is 5.51. The molecule has 0 saturated carbocycles. The van der Waals surface area contributed by atoms with Crippen molar-refractivity contribution >= 4 is 65.4 Å². The number of halogens is 2. The summed E-state index contributed by atoms with van der Waals surface area (Å²) in [7, 11) is 0. The molecule has 0 heterocycles. The molecule has 0 atom stereocenters. The molecule has 4 aliphatic rings. The van der Waals surface area contributed by atoms with E-state index in [0.29, 0.717) is 0 Å². The molecule has 10 rings (SSSR count). The van der Waals surface area contributed by atoms with Gasteiger partial charge >= 0.3 is 30.2 Å². The predicted octanol–water partition coefficient (Wildman–Crippen LogP) is 11.9. The van der Waals surface area contributed by atoms with Crippen LogP contribution in [0.1, 0.15) is 36.1 Å². The molecule has 0 spiro atoms. The normalized spacial score (nSPS) is 12.5. The predicted molar refractivity (Wildman–Crippen MR) is 202 cm³/mol. The molecule has 0 unspecified atom stereocenters. The quantitative estimate of drug-likeness (QED) is 0.108. The van der Waals surface area contributed by atoms with Crippen LogP contribution in [0, 0.1) is 27.0 Å². The molecular formula is C42H34Cl2SiZr-4. The summed E-state index contributed by atoms with van der Waals surface area (Å²) in [6.07, 6.45) is 6.69. The molecule has 0 aromatic heterocycles. The van der Waals surface area contributed by atoms with E-state index in [-0.39, 0.29) is 39.7 Å².